The number of benzene rings is 1. The maximum absolute atomic E-state index is 13.1. The number of ketones is 1. The number of halogens is 1. The third-order valence-electron chi connectivity index (χ3n) is 3.65. The topological polar surface area (TPSA) is 26.3 Å². The molecule has 0 N–H and O–H groups in total. The van der Waals surface area contributed by atoms with Crippen LogP contribution in [0.5, 0.6) is 0 Å². The third-order valence-corrected chi connectivity index (χ3v) is 3.65. The number of carbonyl (C=O) groups excluding carboxylic acids is 1. The van der Waals surface area contributed by atoms with Crippen LogP contribution in [0.15, 0.2) is 24.3 Å². The molecule has 1 fully saturated rings. The maximum atomic E-state index is 13.1. The van der Waals surface area contributed by atoms with Gasteiger partial charge in [0, 0.05) is 5.56 Å². The average Bonchev–Trinajstić information content (AvgIpc) is 2.52. The van der Waals surface area contributed by atoms with Crippen molar-refractivity contribution in [2.24, 2.45) is 11.8 Å². The Morgan fingerprint density at radius 1 is 1.24 bits per heavy atom. The first kappa shape index (κ1) is 12.2. The van der Waals surface area contributed by atoms with E-state index in [2.05, 4.69) is 0 Å². The number of rotatable bonds is 2. The van der Waals surface area contributed by atoms with E-state index in [4.69, 9.17) is 4.74 Å². The average molecular weight is 236 g/mol. The van der Waals surface area contributed by atoms with Gasteiger partial charge in [-0.3, -0.25) is 4.79 Å². The fourth-order valence-electron chi connectivity index (χ4n) is 2.55. The Morgan fingerprint density at radius 3 is 2.47 bits per heavy atom. The van der Waals surface area contributed by atoms with Crippen LogP contribution >= 0.6 is 0 Å². The number of Topliss-reactive ketones (excluding diaryl/α,β-unsaturated/α-hetero) is 1. The molecule has 1 saturated heterocycles. The fourth-order valence-corrected chi connectivity index (χ4v) is 2.55. The van der Waals surface area contributed by atoms with Gasteiger partial charge in [0.05, 0.1) is 18.1 Å². The predicted molar refractivity (Wildman–Crippen MR) is 63.4 cm³/mol. The Balaban J connectivity index is 2.26. The van der Waals surface area contributed by atoms with Gasteiger partial charge in [0.25, 0.3) is 0 Å². The van der Waals surface area contributed by atoms with Crippen LogP contribution in [0.1, 0.15) is 31.1 Å². The van der Waals surface area contributed by atoms with Gasteiger partial charge < -0.3 is 4.74 Å². The predicted octanol–water partition coefficient (Wildman–Crippen LogP) is 3.07. The molecule has 0 saturated carbocycles. The molecule has 1 aliphatic heterocycles. The first-order valence-corrected chi connectivity index (χ1v) is 5.96. The van der Waals surface area contributed by atoms with E-state index in [-0.39, 0.29) is 35.6 Å². The van der Waals surface area contributed by atoms with Crippen LogP contribution in [0.25, 0.3) is 0 Å². The lowest BCUT2D eigenvalue weighted by Crippen LogP contribution is -2.26. The van der Waals surface area contributed by atoms with Crippen LogP contribution in [-0.4, -0.2) is 18.0 Å². The SMILES string of the molecule is CC1OC(C)C(C(=O)c2cccc(F)c2)C1C. The molecule has 0 amide bonds. The first-order chi connectivity index (χ1) is 8.00. The van der Waals surface area contributed by atoms with Crippen molar-refractivity contribution in [2.45, 2.75) is 33.0 Å². The van der Waals surface area contributed by atoms with E-state index in [0.717, 1.165) is 0 Å². The lowest BCUT2D eigenvalue weighted by atomic mass is 9.83. The molecular formula is C14H17FO2. The van der Waals surface area contributed by atoms with E-state index in [1.54, 1.807) is 12.1 Å². The van der Waals surface area contributed by atoms with Gasteiger partial charge in [-0.15, -0.1) is 0 Å². The van der Waals surface area contributed by atoms with E-state index in [9.17, 15) is 9.18 Å². The van der Waals surface area contributed by atoms with Crippen molar-refractivity contribution in [3.63, 3.8) is 0 Å². The van der Waals surface area contributed by atoms with Crippen molar-refractivity contribution in [1.29, 1.82) is 0 Å². The molecule has 0 spiro atoms. The zero-order chi connectivity index (χ0) is 12.6. The second-order valence-electron chi connectivity index (χ2n) is 4.81. The molecule has 0 aromatic heterocycles. The highest BCUT2D eigenvalue weighted by atomic mass is 19.1. The summed E-state index contributed by atoms with van der Waals surface area (Å²) in [7, 11) is 0. The summed E-state index contributed by atoms with van der Waals surface area (Å²) in [4.78, 5) is 12.3. The molecule has 1 aromatic carbocycles. The molecule has 1 heterocycles. The van der Waals surface area contributed by atoms with Crippen molar-refractivity contribution in [3.05, 3.63) is 35.6 Å². The Hall–Kier alpha value is -1.22. The second kappa shape index (κ2) is 4.57. The summed E-state index contributed by atoms with van der Waals surface area (Å²) in [5, 5.41) is 0. The first-order valence-electron chi connectivity index (χ1n) is 5.96. The minimum Gasteiger partial charge on any atom is -0.374 e. The molecule has 2 nitrogen and oxygen atoms in total. The largest absolute Gasteiger partial charge is 0.374 e. The van der Waals surface area contributed by atoms with Gasteiger partial charge in [0.1, 0.15) is 5.82 Å². The van der Waals surface area contributed by atoms with Gasteiger partial charge in [-0.05, 0) is 31.9 Å². The van der Waals surface area contributed by atoms with Gasteiger partial charge in [-0.2, -0.15) is 0 Å². The Kier molecular flexibility index (Phi) is 3.29. The van der Waals surface area contributed by atoms with Crippen LogP contribution < -0.4 is 0 Å². The van der Waals surface area contributed by atoms with Crippen molar-refractivity contribution in [2.75, 3.05) is 0 Å². The molecule has 4 unspecified atom stereocenters. The van der Waals surface area contributed by atoms with E-state index in [0.29, 0.717) is 5.56 Å². The minimum atomic E-state index is -0.372. The quantitative estimate of drug-likeness (QED) is 0.738. The van der Waals surface area contributed by atoms with Crippen LogP contribution in [0.3, 0.4) is 0 Å². The van der Waals surface area contributed by atoms with Crippen LogP contribution in [0.2, 0.25) is 0 Å². The summed E-state index contributed by atoms with van der Waals surface area (Å²) >= 11 is 0. The normalized spacial score (nSPS) is 32.7. The monoisotopic (exact) mass is 236 g/mol. The Labute approximate surface area is 101 Å². The van der Waals surface area contributed by atoms with Gasteiger partial charge in [-0.1, -0.05) is 19.1 Å². The van der Waals surface area contributed by atoms with Crippen molar-refractivity contribution < 1.29 is 13.9 Å². The van der Waals surface area contributed by atoms with E-state index < -0.39 is 0 Å². The van der Waals surface area contributed by atoms with Gasteiger partial charge in [-0.25, -0.2) is 4.39 Å². The smallest absolute Gasteiger partial charge is 0.168 e. The van der Waals surface area contributed by atoms with Crippen LogP contribution in [0, 0.1) is 17.7 Å². The molecular weight excluding hydrogens is 219 g/mol. The van der Waals surface area contributed by atoms with E-state index in [1.165, 1.54) is 12.1 Å². The number of ether oxygens (including phenoxy) is 1. The molecule has 3 heteroatoms. The summed E-state index contributed by atoms with van der Waals surface area (Å²) in [6.07, 6.45) is -0.0247. The summed E-state index contributed by atoms with van der Waals surface area (Å²) in [5.41, 5.74) is 0.436. The lowest BCUT2D eigenvalue weighted by Gasteiger charge is -2.17. The summed E-state index contributed by atoms with van der Waals surface area (Å²) < 4.78 is 18.7. The summed E-state index contributed by atoms with van der Waals surface area (Å²) in [6, 6.07) is 5.87. The third kappa shape index (κ3) is 2.25. The van der Waals surface area contributed by atoms with Gasteiger partial charge in [0.2, 0.25) is 0 Å². The van der Waals surface area contributed by atoms with E-state index >= 15 is 0 Å². The molecule has 0 aliphatic carbocycles. The minimum absolute atomic E-state index is 0.0196. The van der Waals surface area contributed by atoms with Gasteiger partial charge >= 0.3 is 0 Å². The fraction of sp³-hybridized carbons (Fsp3) is 0.500. The molecule has 0 radical (unpaired) electrons. The van der Waals surface area contributed by atoms with Crippen molar-refractivity contribution in [1.82, 2.24) is 0 Å². The van der Waals surface area contributed by atoms with Crippen molar-refractivity contribution in [3.8, 4) is 0 Å². The Bertz CT molecular complexity index is 430. The molecule has 2 rings (SSSR count). The second-order valence-corrected chi connectivity index (χ2v) is 4.81. The van der Waals surface area contributed by atoms with Crippen molar-refractivity contribution >= 4 is 5.78 Å². The molecule has 1 aliphatic rings. The molecule has 1 aromatic rings. The van der Waals surface area contributed by atoms with Crippen LogP contribution in [-0.2, 0) is 4.74 Å². The van der Waals surface area contributed by atoms with Crippen LogP contribution in [0.4, 0.5) is 4.39 Å². The number of hydrogen-bond donors (Lipinski definition) is 0. The lowest BCUT2D eigenvalue weighted by molar-refractivity contribution is 0.0491. The zero-order valence-electron chi connectivity index (χ0n) is 10.3. The highest BCUT2D eigenvalue weighted by Gasteiger charge is 2.41. The standard InChI is InChI=1S/C14H17FO2/c1-8-9(2)17-10(3)13(8)14(16)11-5-4-6-12(15)7-11/h4-10,13H,1-3H3. The molecule has 17 heavy (non-hydrogen) atoms. The summed E-state index contributed by atoms with van der Waals surface area (Å²) in [6.45, 7) is 5.89. The van der Waals surface area contributed by atoms with E-state index in [1.807, 2.05) is 20.8 Å². The molecule has 0 bridgehead atoms. The highest BCUT2D eigenvalue weighted by Crippen LogP contribution is 2.34. The highest BCUT2D eigenvalue weighted by molar-refractivity contribution is 5.98. The maximum Gasteiger partial charge on any atom is 0.168 e. The molecule has 4 atom stereocenters. The zero-order valence-corrected chi connectivity index (χ0v) is 10.3. The Morgan fingerprint density at radius 2 is 1.94 bits per heavy atom. The molecule has 92 valence electrons. The number of carbonyl (C=O) groups is 1. The van der Waals surface area contributed by atoms with Gasteiger partial charge in [0.15, 0.2) is 5.78 Å². The summed E-state index contributed by atoms with van der Waals surface area (Å²) in [5.74, 6) is -0.399. The number of hydrogen-bond acceptors (Lipinski definition) is 2.